The van der Waals surface area contributed by atoms with Crippen LogP contribution < -0.4 is 0 Å². The molecule has 0 radical (unpaired) electrons. The fourth-order valence-corrected chi connectivity index (χ4v) is 2.13. The molecule has 0 unspecified atom stereocenters. The van der Waals surface area contributed by atoms with Crippen LogP contribution in [0.3, 0.4) is 0 Å². The summed E-state index contributed by atoms with van der Waals surface area (Å²) < 4.78 is 1.77. The number of allylic oxidation sites excluding steroid dienone is 4. The predicted molar refractivity (Wildman–Crippen MR) is 76.4 cm³/mol. The van der Waals surface area contributed by atoms with Crippen molar-refractivity contribution in [2.45, 2.75) is 13.3 Å². The molecule has 0 rings (SSSR count). The second-order valence-corrected chi connectivity index (χ2v) is 4.41. The van der Waals surface area contributed by atoms with Crippen molar-refractivity contribution in [1.29, 1.82) is 0 Å². The van der Waals surface area contributed by atoms with Gasteiger partial charge in [-0.05, 0) is 56.1 Å². The molecular weight excluding hydrogens is 320 g/mol. The summed E-state index contributed by atoms with van der Waals surface area (Å²) in [6.45, 7) is 9.46. The second-order valence-electron chi connectivity index (χ2n) is 2.71. The van der Waals surface area contributed by atoms with E-state index >= 15 is 0 Å². The molecule has 0 atom stereocenters. The number of rotatable bonds is 5. The van der Waals surface area contributed by atoms with Crippen molar-refractivity contribution in [1.82, 2.24) is 0 Å². The third-order valence-corrected chi connectivity index (χ3v) is 3.11. The Morgan fingerprint density at radius 2 is 2.00 bits per heavy atom. The Morgan fingerprint density at radius 1 is 1.40 bits per heavy atom. The summed E-state index contributed by atoms with van der Waals surface area (Å²) in [5.74, 6) is 0. The summed E-state index contributed by atoms with van der Waals surface area (Å²) in [6.07, 6.45) is 4.25. The lowest BCUT2D eigenvalue weighted by Gasteiger charge is -2.08. The highest BCUT2D eigenvalue weighted by atomic mass is 79.9. The summed E-state index contributed by atoms with van der Waals surface area (Å²) in [4.78, 5) is 7.64. The molecule has 0 spiro atoms. The SMILES string of the molecule is C=N/C=C(/Br)C(=C)/C(CC)=C(\Br)C=NC. The van der Waals surface area contributed by atoms with Crippen molar-refractivity contribution in [3.8, 4) is 0 Å². The van der Waals surface area contributed by atoms with Gasteiger partial charge in [0.15, 0.2) is 0 Å². The van der Waals surface area contributed by atoms with Crippen molar-refractivity contribution < 1.29 is 0 Å². The molecule has 0 aromatic rings. The summed E-state index contributed by atoms with van der Waals surface area (Å²) in [5.41, 5.74) is 1.98. The van der Waals surface area contributed by atoms with Crippen LogP contribution in [0.1, 0.15) is 13.3 Å². The van der Waals surface area contributed by atoms with E-state index in [1.165, 1.54) is 0 Å². The van der Waals surface area contributed by atoms with Crippen molar-refractivity contribution >= 4 is 44.8 Å². The molecule has 0 saturated carbocycles. The van der Waals surface area contributed by atoms with Gasteiger partial charge in [-0.1, -0.05) is 13.5 Å². The minimum absolute atomic E-state index is 0.829. The van der Waals surface area contributed by atoms with Gasteiger partial charge in [-0.25, -0.2) is 0 Å². The highest BCUT2D eigenvalue weighted by Gasteiger charge is 2.07. The van der Waals surface area contributed by atoms with Gasteiger partial charge < -0.3 is 0 Å². The van der Waals surface area contributed by atoms with Gasteiger partial charge in [0.1, 0.15) is 0 Å². The molecule has 0 N–H and O–H groups in total. The molecule has 0 heterocycles. The molecule has 0 bridgehead atoms. The topological polar surface area (TPSA) is 24.7 Å². The Balaban J connectivity index is 5.16. The van der Waals surface area contributed by atoms with Gasteiger partial charge in [-0.2, -0.15) is 0 Å². The first-order valence-corrected chi connectivity index (χ1v) is 5.99. The third-order valence-electron chi connectivity index (χ3n) is 1.74. The van der Waals surface area contributed by atoms with Gasteiger partial charge in [0.05, 0.1) is 0 Å². The molecule has 2 nitrogen and oxygen atoms in total. The van der Waals surface area contributed by atoms with Crippen LogP contribution in [0.25, 0.3) is 0 Å². The Bertz CT molecular complexity index is 338. The van der Waals surface area contributed by atoms with Gasteiger partial charge in [0.2, 0.25) is 0 Å². The second kappa shape index (κ2) is 7.77. The fourth-order valence-electron chi connectivity index (χ4n) is 1.02. The number of hydrogen-bond donors (Lipinski definition) is 0. The van der Waals surface area contributed by atoms with Gasteiger partial charge in [0.25, 0.3) is 0 Å². The van der Waals surface area contributed by atoms with E-state index in [1.54, 1.807) is 19.5 Å². The lowest BCUT2D eigenvalue weighted by atomic mass is 10.1. The van der Waals surface area contributed by atoms with Gasteiger partial charge in [0, 0.05) is 28.4 Å². The fraction of sp³-hybridized carbons (Fsp3) is 0.273. The van der Waals surface area contributed by atoms with Crippen molar-refractivity contribution in [3.63, 3.8) is 0 Å². The standard InChI is InChI=1S/C11H14Br2N2/c1-5-9(11(13)7-15-4)8(2)10(12)6-14-3/h6-7H,2-3,5H2,1,4H3/b10-6+,11-9-,15-7?. The van der Waals surface area contributed by atoms with Crippen LogP contribution in [0.4, 0.5) is 0 Å². The zero-order valence-electron chi connectivity index (χ0n) is 8.93. The van der Waals surface area contributed by atoms with Crippen molar-refractivity contribution in [2.75, 3.05) is 7.05 Å². The van der Waals surface area contributed by atoms with Crippen LogP contribution in [-0.4, -0.2) is 20.0 Å². The minimum atomic E-state index is 0.829. The molecule has 15 heavy (non-hydrogen) atoms. The lowest BCUT2D eigenvalue weighted by Crippen LogP contribution is -1.91. The summed E-state index contributed by atoms with van der Waals surface area (Å²) in [7, 11) is 1.73. The van der Waals surface area contributed by atoms with Crippen molar-refractivity contribution in [3.05, 3.63) is 32.9 Å². The summed E-state index contributed by atoms with van der Waals surface area (Å²) in [6, 6.07) is 0. The average Bonchev–Trinajstić information content (AvgIpc) is 2.19. The molecular formula is C11H14Br2N2. The highest BCUT2D eigenvalue weighted by Crippen LogP contribution is 2.29. The molecule has 0 aromatic carbocycles. The van der Waals surface area contributed by atoms with Crippen LogP contribution in [0, 0.1) is 0 Å². The van der Waals surface area contributed by atoms with E-state index in [0.717, 1.165) is 26.5 Å². The minimum Gasteiger partial charge on any atom is -0.295 e. The van der Waals surface area contributed by atoms with E-state index in [4.69, 9.17) is 0 Å². The average molecular weight is 334 g/mol. The monoisotopic (exact) mass is 332 g/mol. The van der Waals surface area contributed by atoms with Crippen LogP contribution in [-0.2, 0) is 0 Å². The molecule has 4 heteroatoms. The van der Waals surface area contributed by atoms with E-state index < -0.39 is 0 Å². The highest BCUT2D eigenvalue weighted by molar-refractivity contribution is 9.12. The maximum atomic E-state index is 4.00. The predicted octanol–water partition coefficient (Wildman–Crippen LogP) is 4.24. The summed E-state index contributed by atoms with van der Waals surface area (Å²) in [5, 5.41) is 0. The third kappa shape index (κ3) is 4.71. The molecule has 0 amide bonds. The first kappa shape index (κ1) is 14.5. The molecule has 0 aliphatic heterocycles. The first-order valence-electron chi connectivity index (χ1n) is 4.40. The Labute approximate surface area is 108 Å². The quantitative estimate of drug-likeness (QED) is 0.531. The Hall–Kier alpha value is -0.480. The number of aliphatic imine (C=N–C) groups is 2. The number of nitrogens with zero attached hydrogens (tertiary/aromatic N) is 2. The van der Waals surface area contributed by atoms with Gasteiger partial charge in [-0.3, -0.25) is 9.98 Å². The maximum absolute atomic E-state index is 4.00. The van der Waals surface area contributed by atoms with E-state index in [-0.39, 0.29) is 0 Å². The molecule has 0 saturated heterocycles. The van der Waals surface area contributed by atoms with E-state index in [2.05, 4.69) is 62.1 Å². The van der Waals surface area contributed by atoms with Crippen LogP contribution in [0.2, 0.25) is 0 Å². The van der Waals surface area contributed by atoms with E-state index in [1.807, 2.05) is 0 Å². The van der Waals surface area contributed by atoms with Crippen LogP contribution in [0.15, 0.2) is 42.9 Å². The smallest absolute Gasteiger partial charge is 0.0427 e. The zero-order chi connectivity index (χ0) is 11.8. The maximum Gasteiger partial charge on any atom is 0.0427 e. The molecule has 0 aromatic heterocycles. The number of hydrogen-bond acceptors (Lipinski definition) is 2. The van der Waals surface area contributed by atoms with E-state index in [9.17, 15) is 0 Å². The normalized spacial score (nSPS) is 14.0. The number of halogens is 2. The van der Waals surface area contributed by atoms with Crippen LogP contribution in [0.5, 0.6) is 0 Å². The Morgan fingerprint density at radius 3 is 2.40 bits per heavy atom. The molecule has 82 valence electrons. The van der Waals surface area contributed by atoms with Gasteiger partial charge in [-0.15, -0.1) is 0 Å². The summed E-state index contributed by atoms with van der Waals surface area (Å²) >= 11 is 6.85. The molecule has 0 aliphatic carbocycles. The largest absolute Gasteiger partial charge is 0.295 e. The van der Waals surface area contributed by atoms with Crippen LogP contribution >= 0.6 is 31.9 Å². The Kier molecular flexibility index (Phi) is 7.52. The molecule has 0 aliphatic rings. The molecule has 0 fully saturated rings. The van der Waals surface area contributed by atoms with Crippen molar-refractivity contribution in [2.24, 2.45) is 9.98 Å². The lowest BCUT2D eigenvalue weighted by molar-refractivity contribution is 1.12. The van der Waals surface area contributed by atoms with E-state index in [0.29, 0.717) is 0 Å². The van der Waals surface area contributed by atoms with Gasteiger partial charge >= 0.3 is 0 Å². The first-order chi connectivity index (χ1) is 7.08. The zero-order valence-corrected chi connectivity index (χ0v) is 12.1.